The zero-order valence-electron chi connectivity index (χ0n) is 12.9. The third-order valence-electron chi connectivity index (χ3n) is 4.81. The number of rotatable bonds is 3. The maximum atomic E-state index is 11.3. The Balaban J connectivity index is 0.000000297. The first-order chi connectivity index (χ1) is 9.06. The number of ether oxygens (including phenoxy) is 1. The first-order valence-corrected chi connectivity index (χ1v) is 8.23. The quantitative estimate of drug-likeness (QED) is 0.706. The molecule has 3 fully saturated rings. The second-order valence-corrected chi connectivity index (χ2v) is 7.40. The van der Waals surface area contributed by atoms with Gasteiger partial charge in [0.1, 0.15) is 0 Å². The molecule has 4 unspecified atom stereocenters. The van der Waals surface area contributed by atoms with Gasteiger partial charge >= 0.3 is 5.97 Å². The molecular weight excluding hydrogens is 236 g/mol. The number of esters is 1. The van der Waals surface area contributed by atoms with Crippen molar-refractivity contribution in [1.82, 2.24) is 0 Å². The lowest BCUT2D eigenvalue weighted by molar-refractivity contribution is -0.141. The summed E-state index contributed by atoms with van der Waals surface area (Å²) in [5.74, 6) is 4.13. The monoisotopic (exact) mass is 266 g/mol. The summed E-state index contributed by atoms with van der Waals surface area (Å²) in [5, 5.41) is 0. The van der Waals surface area contributed by atoms with E-state index < -0.39 is 0 Å². The highest BCUT2D eigenvalue weighted by Gasteiger charge is 2.39. The maximum Gasteiger partial charge on any atom is 0.309 e. The van der Waals surface area contributed by atoms with Crippen molar-refractivity contribution in [3.8, 4) is 0 Å². The molecule has 0 N–H and O–H groups in total. The van der Waals surface area contributed by atoms with E-state index in [1.165, 1.54) is 32.1 Å². The molecule has 2 nitrogen and oxygen atoms in total. The molecule has 0 spiro atoms. The van der Waals surface area contributed by atoms with Crippen molar-refractivity contribution in [2.45, 2.75) is 65.7 Å². The van der Waals surface area contributed by atoms with Crippen LogP contribution in [-0.4, -0.2) is 12.6 Å². The van der Waals surface area contributed by atoms with Gasteiger partial charge in [0.25, 0.3) is 0 Å². The van der Waals surface area contributed by atoms with Crippen molar-refractivity contribution in [2.75, 3.05) is 6.61 Å². The van der Waals surface area contributed by atoms with Gasteiger partial charge in [0.2, 0.25) is 0 Å². The fraction of sp³-hybridized carbons (Fsp3) is 0.941. The molecular formula is C17H30O2. The summed E-state index contributed by atoms with van der Waals surface area (Å²) < 4.78 is 5.00. The molecule has 3 aliphatic rings. The summed E-state index contributed by atoms with van der Waals surface area (Å²) in [5.41, 5.74) is 0. The van der Waals surface area contributed by atoms with Gasteiger partial charge in [-0.05, 0) is 62.2 Å². The predicted octanol–water partition coefficient (Wildman–Crippen LogP) is 4.43. The second-order valence-electron chi connectivity index (χ2n) is 7.40. The highest BCUT2D eigenvalue weighted by Crippen LogP contribution is 2.50. The van der Waals surface area contributed by atoms with Gasteiger partial charge in [0, 0.05) is 0 Å². The molecule has 2 heteroatoms. The Labute approximate surface area is 118 Å². The van der Waals surface area contributed by atoms with Crippen LogP contribution < -0.4 is 0 Å². The molecule has 19 heavy (non-hydrogen) atoms. The van der Waals surface area contributed by atoms with E-state index >= 15 is 0 Å². The molecule has 0 amide bonds. The Hall–Kier alpha value is -0.530. The zero-order valence-corrected chi connectivity index (χ0v) is 12.9. The number of cyclic esters (lactones) is 1. The molecule has 3 rings (SSSR count). The van der Waals surface area contributed by atoms with Gasteiger partial charge < -0.3 is 4.74 Å². The highest BCUT2D eigenvalue weighted by atomic mass is 16.5. The lowest BCUT2D eigenvalue weighted by atomic mass is 9.83. The third kappa shape index (κ3) is 4.22. The van der Waals surface area contributed by atoms with E-state index in [2.05, 4.69) is 20.8 Å². The van der Waals surface area contributed by atoms with Crippen LogP contribution in [0.25, 0.3) is 0 Å². The van der Waals surface area contributed by atoms with Crippen molar-refractivity contribution in [2.24, 2.45) is 29.6 Å². The van der Waals surface area contributed by atoms with Gasteiger partial charge in [0.05, 0.1) is 12.5 Å². The molecule has 0 aromatic carbocycles. The molecule has 1 heterocycles. The van der Waals surface area contributed by atoms with E-state index in [1.807, 2.05) is 0 Å². The third-order valence-corrected chi connectivity index (χ3v) is 4.81. The Bertz CT molecular complexity index is 295. The Morgan fingerprint density at radius 3 is 2.32 bits per heavy atom. The standard InChI is InChI=1S/C13H20O2.C4H10/c14-13-10(5-6-15-13)3-4-12-8-9-1-2-11(12)7-9;1-4(2)3/h9-12H,1-8H2;4H,1-3H3. The smallest absolute Gasteiger partial charge is 0.309 e. The van der Waals surface area contributed by atoms with Crippen LogP contribution in [0.15, 0.2) is 0 Å². The van der Waals surface area contributed by atoms with Gasteiger partial charge in [-0.1, -0.05) is 27.2 Å². The van der Waals surface area contributed by atoms with Gasteiger partial charge in [-0.15, -0.1) is 0 Å². The summed E-state index contributed by atoms with van der Waals surface area (Å²) >= 11 is 0. The Morgan fingerprint density at radius 2 is 1.84 bits per heavy atom. The summed E-state index contributed by atoms with van der Waals surface area (Å²) in [6, 6.07) is 0. The van der Waals surface area contributed by atoms with Crippen LogP contribution in [0.2, 0.25) is 0 Å². The molecule has 1 saturated heterocycles. The van der Waals surface area contributed by atoms with E-state index in [1.54, 1.807) is 0 Å². The van der Waals surface area contributed by atoms with Crippen molar-refractivity contribution in [3.63, 3.8) is 0 Å². The van der Waals surface area contributed by atoms with Crippen LogP contribution in [-0.2, 0) is 9.53 Å². The van der Waals surface area contributed by atoms with Crippen LogP contribution in [0, 0.1) is 29.6 Å². The van der Waals surface area contributed by atoms with E-state index in [4.69, 9.17) is 4.74 Å². The van der Waals surface area contributed by atoms with Gasteiger partial charge in [-0.2, -0.15) is 0 Å². The molecule has 1 aliphatic heterocycles. The minimum atomic E-state index is 0.0677. The maximum absolute atomic E-state index is 11.3. The molecule has 0 aromatic heterocycles. The molecule has 2 bridgehead atoms. The molecule has 110 valence electrons. The van der Waals surface area contributed by atoms with Gasteiger partial charge in [-0.25, -0.2) is 0 Å². The number of carbonyl (C=O) groups is 1. The number of fused-ring (bicyclic) bond motifs is 2. The van der Waals surface area contributed by atoms with Gasteiger partial charge in [0.15, 0.2) is 0 Å². The van der Waals surface area contributed by atoms with Crippen LogP contribution in [0.4, 0.5) is 0 Å². The predicted molar refractivity (Wildman–Crippen MR) is 77.8 cm³/mol. The molecule has 4 atom stereocenters. The van der Waals surface area contributed by atoms with Gasteiger partial charge in [-0.3, -0.25) is 4.79 Å². The van der Waals surface area contributed by atoms with Crippen LogP contribution in [0.1, 0.15) is 65.7 Å². The number of hydrogen-bond donors (Lipinski definition) is 0. The number of carbonyl (C=O) groups excluding carboxylic acids is 1. The first kappa shape index (κ1) is 14.9. The topological polar surface area (TPSA) is 26.3 Å². The van der Waals surface area contributed by atoms with Crippen molar-refractivity contribution in [1.29, 1.82) is 0 Å². The fourth-order valence-corrected chi connectivity index (χ4v) is 3.94. The molecule has 2 saturated carbocycles. The largest absolute Gasteiger partial charge is 0.465 e. The highest BCUT2D eigenvalue weighted by molar-refractivity contribution is 5.73. The van der Waals surface area contributed by atoms with Crippen LogP contribution in [0.5, 0.6) is 0 Å². The molecule has 0 aromatic rings. The van der Waals surface area contributed by atoms with E-state index in [-0.39, 0.29) is 11.9 Å². The summed E-state index contributed by atoms with van der Waals surface area (Å²) in [6.07, 6.45) is 9.22. The minimum Gasteiger partial charge on any atom is -0.465 e. The normalized spacial score (nSPS) is 36.3. The van der Waals surface area contributed by atoms with Crippen LogP contribution >= 0.6 is 0 Å². The number of hydrogen-bond acceptors (Lipinski definition) is 2. The molecule has 0 radical (unpaired) electrons. The first-order valence-electron chi connectivity index (χ1n) is 8.23. The Kier molecular flexibility index (Phi) is 5.29. The zero-order chi connectivity index (χ0) is 13.8. The average Bonchev–Trinajstić information content (AvgIpc) is 3.01. The van der Waals surface area contributed by atoms with Crippen molar-refractivity contribution < 1.29 is 9.53 Å². The summed E-state index contributed by atoms with van der Waals surface area (Å²) in [6.45, 7) is 7.17. The lowest BCUT2D eigenvalue weighted by Gasteiger charge is -2.22. The Morgan fingerprint density at radius 1 is 1.11 bits per heavy atom. The van der Waals surface area contributed by atoms with E-state index in [9.17, 15) is 4.79 Å². The second kappa shape index (κ2) is 6.76. The van der Waals surface area contributed by atoms with E-state index in [0.29, 0.717) is 6.61 Å². The summed E-state index contributed by atoms with van der Waals surface area (Å²) in [7, 11) is 0. The fourth-order valence-electron chi connectivity index (χ4n) is 3.94. The lowest BCUT2D eigenvalue weighted by Crippen LogP contribution is -2.14. The van der Waals surface area contributed by atoms with Crippen LogP contribution in [0.3, 0.4) is 0 Å². The SMILES string of the molecule is CC(C)C.O=C1OCCC1CCC1CC2CCC1C2. The molecule has 2 aliphatic carbocycles. The average molecular weight is 266 g/mol. The van der Waals surface area contributed by atoms with E-state index in [0.717, 1.165) is 36.5 Å². The minimum absolute atomic E-state index is 0.0677. The van der Waals surface area contributed by atoms with Crippen molar-refractivity contribution in [3.05, 3.63) is 0 Å². The summed E-state index contributed by atoms with van der Waals surface area (Å²) in [4.78, 5) is 11.3. The van der Waals surface area contributed by atoms with Crippen molar-refractivity contribution >= 4 is 5.97 Å².